The van der Waals surface area contributed by atoms with Gasteiger partial charge in [0.15, 0.2) is 45.9 Å². The van der Waals surface area contributed by atoms with Gasteiger partial charge in [-0.25, -0.2) is 39.9 Å². The summed E-state index contributed by atoms with van der Waals surface area (Å²) < 4.78 is 0. The number of fused-ring (bicyclic) bond motifs is 8. The van der Waals surface area contributed by atoms with Crippen molar-refractivity contribution in [3.63, 3.8) is 0 Å². The summed E-state index contributed by atoms with van der Waals surface area (Å²) in [7, 11) is 16.7. The number of aromatic amines is 8. The molecule has 4 aliphatic heterocycles. The Morgan fingerprint density at radius 1 is 0.336 bits per heavy atom. The third-order valence-electron chi connectivity index (χ3n) is 27.6. The molecular formula is C103H116N40. The van der Waals surface area contributed by atoms with Gasteiger partial charge in [0.2, 0.25) is 0 Å². The first-order valence-corrected chi connectivity index (χ1v) is 48.9. The molecule has 728 valence electrons. The molecule has 143 heavy (non-hydrogen) atoms. The molecule has 40 nitrogen and oxygen atoms in total. The number of rotatable bonds is 21. The highest BCUT2D eigenvalue weighted by Gasteiger charge is 2.29. The maximum atomic E-state index is 5.01. The van der Waals surface area contributed by atoms with E-state index in [-0.39, 0.29) is 0 Å². The summed E-state index contributed by atoms with van der Waals surface area (Å²) in [6.45, 7) is 22.8. The van der Waals surface area contributed by atoms with Crippen molar-refractivity contribution in [2.24, 2.45) is 5.92 Å². The van der Waals surface area contributed by atoms with Crippen LogP contribution in [0, 0.1) is 5.92 Å². The van der Waals surface area contributed by atoms with E-state index in [1.165, 1.54) is 31.2 Å². The van der Waals surface area contributed by atoms with Crippen LogP contribution >= 0.6 is 0 Å². The Kier molecular flexibility index (Phi) is 26.0. The summed E-state index contributed by atoms with van der Waals surface area (Å²) in [4.78, 5) is 111. The Morgan fingerprint density at radius 3 is 0.986 bits per heavy atom. The Labute approximate surface area is 824 Å². The molecule has 0 radical (unpaired) electrons. The Hall–Kier alpha value is -15.9. The van der Waals surface area contributed by atoms with E-state index in [2.05, 4.69) is 280 Å². The van der Waals surface area contributed by atoms with Crippen LogP contribution in [-0.2, 0) is 13.1 Å². The van der Waals surface area contributed by atoms with E-state index in [4.69, 9.17) is 19.9 Å². The van der Waals surface area contributed by atoms with Crippen molar-refractivity contribution in [3.05, 3.63) is 184 Å². The molecule has 25 rings (SSSR count). The van der Waals surface area contributed by atoms with Gasteiger partial charge in [-0.1, -0.05) is 12.8 Å². The molecule has 0 spiro atoms. The number of nitrogens with zero attached hydrogens (tertiary/aromatic N) is 30. The topological polar surface area (TPSA) is 441 Å². The molecule has 20 aromatic heterocycles. The summed E-state index contributed by atoms with van der Waals surface area (Å²) in [6.07, 6.45) is 42.8. The lowest BCUT2D eigenvalue weighted by molar-refractivity contribution is 0.313. The van der Waals surface area contributed by atoms with Crippen molar-refractivity contribution in [1.82, 2.24) is 170 Å². The largest absolute Gasteiger partial charge is 0.382 e. The van der Waals surface area contributed by atoms with Crippen molar-refractivity contribution in [1.29, 1.82) is 0 Å². The van der Waals surface area contributed by atoms with E-state index in [1.807, 2.05) is 143 Å². The van der Waals surface area contributed by atoms with Gasteiger partial charge in [-0.2, -0.15) is 20.4 Å². The number of pyridine rings is 12. The smallest absolute Gasteiger partial charge is 0.181 e. The normalized spacial score (nSPS) is 15.5. The average Bonchev–Trinajstić information content (AvgIpc) is 1.62. The number of aromatic nitrogens is 28. The predicted octanol–water partition coefficient (Wildman–Crippen LogP) is 13.1. The molecule has 0 unspecified atom stereocenters. The maximum Gasteiger partial charge on any atom is 0.181 e. The molecule has 20 aromatic rings. The van der Waals surface area contributed by atoms with Crippen molar-refractivity contribution in [2.75, 3.05) is 197 Å². The Balaban J connectivity index is 0.000000109. The molecule has 10 N–H and O–H groups in total. The molecule has 40 heteroatoms. The zero-order chi connectivity index (χ0) is 97.3. The van der Waals surface area contributed by atoms with Crippen LogP contribution in [0.25, 0.3) is 179 Å². The van der Waals surface area contributed by atoms with Crippen LogP contribution in [0.4, 0.5) is 34.1 Å². The number of H-pyrrole nitrogens is 8. The van der Waals surface area contributed by atoms with E-state index >= 15 is 0 Å². The first kappa shape index (κ1) is 92.2. The summed E-state index contributed by atoms with van der Waals surface area (Å²) in [6, 6.07) is 17.3. The van der Waals surface area contributed by atoms with E-state index in [9.17, 15) is 0 Å². The number of hydrogen-bond acceptors (Lipinski definition) is 32. The molecule has 4 saturated heterocycles. The van der Waals surface area contributed by atoms with Crippen molar-refractivity contribution in [3.8, 4) is 90.6 Å². The van der Waals surface area contributed by atoms with Gasteiger partial charge >= 0.3 is 0 Å². The number of imidazole rings is 4. The molecule has 0 atom stereocenters. The maximum absolute atomic E-state index is 5.01. The van der Waals surface area contributed by atoms with Gasteiger partial charge in [0.1, 0.15) is 44.8 Å². The Bertz CT molecular complexity index is 7660. The molecule has 0 aromatic carbocycles. The molecule has 0 bridgehead atoms. The lowest BCUT2D eigenvalue weighted by Crippen LogP contribution is -2.44. The summed E-state index contributed by atoms with van der Waals surface area (Å²) in [5.74, 6) is 3.72. The number of nitrogens with one attached hydrogen (secondary N) is 10. The lowest BCUT2D eigenvalue weighted by Gasteiger charge is -2.33. The van der Waals surface area contributed by atoms with Crippen LogP contribution in [0.15, 0.2) is 172 Å². The van der Waals surface area contributed by atoms with Gasteiger partial charge < -0.3 is 79.6 Å². The molecule has 1 aliphatic carbocycles. The first-order valence-electron chi connectivity index (χ1n) is 48.9. The quantitative estimate of drug-likeness (QED) is 0.0319. The predicted molar refractivity (Wildman–Crippen MR) is 563 cm³/mol. The molecule has 0 amide bonds. The second-order valence-electron chi connectivity index (χ2n) is 38.8. The SMILES string of the molecule is CC(C)Nc1cncc(-c2cnc3n[nH]c(-c4nc5c(N6CCN(C)CC6)cncc5[nH]4)c3c2)c1.CN(C)Cc1cncc(-c2cnc3n[nH]c(-c4nc5c(N6CCN(C)CC6)cncc5[nH]4)c3c2)c1.CN1CCN(c2cncc3[nH]c(-c4[nH]nc5ncc(-c6cncc(CNCC7CCCC7)c6)cc45)nc23)CC1.CN1CCN(c2cncc3[nH]c(-c4[nH]nc5ncc(-c6cncc(N(C)C)c6)cc45)nc23)CC1. The highest BCUT2D eigenvalue weighted by molar-refractivity contribution is 6.01. The third-order valence-corrected chi connectivity index (χ3v) is 27.6. The summed E-state index contributed by atoms with van der Waals surface area (Å²) in [5, 5.41) is 41.0. The molecule has 24 heterocycles. The molecule has 5 fully saturated rings. The van der Waals surface area contributed by atoms with Gasteiger partial charge in [0.25, 0.3) is 0 Å². The lowest BCUT2D eigenvalue weighted by atomic mass is 10.1. The number of likely N-dealkylation sites (N-methyl/N-ethyl adjacent to an activating group) is 4. The van der Waals surface area contributed by atoms with E-state index in [0.717, 1.165) is 326 Å². The zero-order valence-corrected chi connectivity index (χ0v) is 82.0. The standard InChI is InChI=1S/C29H34N10.2C25H28N10.C24H26N10/c1-38-6-8-39(9-7-38)25-18-32-17-24-27(25)35-29(34-24)26-23-11-22(16-33-28(23)37-36-26)21-10-20(14-31-15-21)13-30-12-19-4-2-3-5-19;1-33(2)15-16-8-17(11-26-10-16)18-9-19-22(31-32-24(19)28-12-18)25-29-20-13-27-14-21(23(20)30-25)35-6-4-34(3)5-7-35;1-15(2)29-18-8-16(10-26-12-18)17-9-19-22(32-33-24(19)28-11-17)25-30-20-13-27-14-21(23(20)31-25)35-6-4-34(3)5-7-35;1-32(2)17-8-15(10-25-12-17)16-9-18-21(30-31-23(18)27-11-16)24-28-19-13-26-14-20(22(19)29-24)34-6-4-33(3)5-7-34/h10-11,14-19,30H,2-9,12-13H2,1H3,(H,34,35)(H,33,36,37);8-14H,4-7,15H2,1-3H3,(H,29,30)(H,28,31,32);8-15,29H,4-7H2,1-3H3,(H,30,31)(H,28,32,33);8-14H,4-7H2,1-3H3,(H,28,29)(H,27,30,31). The van der Waals surface area contributed by atoms with E-state index < -0.39 is 0 Å². The minimum absolute atomic E-state index is 0.325. The van der Waals surface area contributed by atoms with E-state index in [0.29, 0.717) is 28.6 Å². The molecule has 5 aliphatic rings. The highest BCUT2D eigenvalue weighted by Crippen LogP contribution is 2.40. The highest BCUT2D eigenvalue weighted by atomic mass is 15.3. The van der Waals surface area contributed by atoms with Crippen LogP contribution in [0.2, 0.25) is 0 Å². The van der Waals surface area contributed by atoms with Gasteiger partial charge in [-0.15, -0.1) is 0 Å². The van der Waals surface area contributed by atoms with Gasteiger partial charge in [0, 0.05) is 251 Å². The molecular weight excluding hydrogens is 1800 g/mol. The fourth-order valence-electron chi connectivity index (χ4n) is 19.5. The van der Waals surface area contributed by atoms with Crippen molar-refractivity contribution >= 4 is 122 Å². The van der Waals surface area contributed by atoms with Crippen molar-refractivity contribution < 1.29 is 0 Å². The monoisotopic (exact) mass is 1910 g/mol. The first-order chi connectivity index (χ1) is 69.9. The minimum Gasteiger partial charge on any atom is -0.382 e. The van der Waals surface area contributed by atoms with Crippen LogP contribution in [0.1, 0.15) is 50.7 Å². The summed E-state index contributed by atoms with van der Waals surface area (Å²) >= 11 is 0. The van der Waals surface area contributed by atoms with Crippen molar-refractivity contribution in [2.45, 2.75) is 58.7 Å². The van der Waals surface area contributed by atoms with E-state index in [1.54, 1.807) is 0 Å². The number of piperazine rings is 4. The zero-order valence-electron chi connectivity index (χ0n) is 82.0. The van der Waals surface area contributed by atoms with Gasteiger partial charge in [-0.3, -0.25) is 60.3 Å². The number of hydrogen-bond donors (Lipinski definition) is 10. The van der Waals surface area contributed by atoms with Crippen LogP contribution in [0.3, 0.4) is 0 Å². The van der Waals surface area contributed by atoms with Gasteiger partial charge in [0.05, 0.1) is 134 Å². The average molecular weight is 1910 g/mol. The minimum atomic E-state index is 0.325. The number of anilines is 6. The fraction of sp³-hybridized carbons (Fsp3) is 0.340. The fourth-order valence-corrected chi connectivity index (χ4v) is 19.5. The summed E-state index contributed by atoms with van der Waals surface area (Å²) in [5.41, 5.74) is 29.7. The molecule has 1 saturated carbocycles. The van der Waals surface area contributed by atoms with Crippen LogP contribution < -0.4 is 35.1 Å². The second kappa shape index (κ2) is 40.4. The van der Waals surface area contributed by atoms with Crippen LogP contribution in [-0.4, -0.2) is 339 Å². The van der Waals surface area contributed by atoms with Crippen LogP contribution in [0.5, 0.6) is 0 Å². The van der Waals surface area contributed by atoms with Gasteiger partial charge in [-0.05, 0) is 141 Å². The second-order valence-corrected chi connectivity index (χ2v) is 38.8. The Morgan fingerprint density at radius 2 is 0.643 bits per heavy atom. The third kappa shape index (κ3) is 19.8.